The largest absolute Gasteiger partial charge is 0.371 e. The highest BCUT2D eigenvalue weighted by Gasteiger charge is 2.33. The van der Waals surface area contributed by atoms with Crippen LogP contribution in [0.3, 0.4) is 0 Å². The van der Waals surface area contributed by atoms with E-state index in [-0.39, 0.29) is 0 Å². The summed E-state index contributed by atoms with van der Waals surface area (Å²) in [6.45, 7) is 7.54. The molecular formula is C17H26N2O. The van der Waals surface area contributed by atoms with E-state index in [9.17, 15) is 0 Å². The van der Waals surface area contributed by atoms with Gasteiger partial charge in [0.05, 0.1) is 12.2 Å². The van der Waals surface area contributed by atoms with Crippen molar-refractivity contribution in [2.75, 3.05) is 24.5 Å². The van der Waals surface area contributed by atoms with Gasteiger partial charge in [-0.1, -0.05) is 26.0 Å². The number of nitrogens with zero attached hydrogens (tertiary/aromatic N) is 1. The summed E-state index contributed by atoms with van der Waals surface area (Å²) >= 11 is 0. The van der Waals surface area contributed by atoms with E-state index in [2.05, 4.69) is 48.3 Å². The normalized spacial score (nSPS) is 26.8. The number of hydrogen-bond acceptors (Lipinski definition) is 3. The van der Waals surface area contributed by atoms with Crippen LogP contribution in [0.4, 0.5) is 5.69 Å². The lowest BCUT2D eigenvalue weighted by Crippen LogP contribution is -2.42. The second kappa shape index (κ2) is 6.15. The molecule has 20 heavy (non-hydrogen) atoms. The predicted octanol–water partition coefficient (Wildman–Crippen LogP) is 3.11. The van der Waals surface area contributed by atoms with Gasteiger partial charge in [0.2, 0.25) is 0 Å². The fourth-order valence-electron chi connectivity index (χ4n) is 3.49. The lowest BCUT2D eigenvalue weighted by atomic mass is 10.0. The monoisotopic (exact) mass is 274 g/mol. The topological polar surface area (TPSA) is 24.5 Å². The fraction of sp³-hybridized carbons (Fsp3) is 0.647. The Balaban J connectivity index is 1.69. The maximum atomic E-state index is 5.91. The van der Waals surface area contributed by atoms with E-state index in [1.807, 2.05) is 0 Å². The van der Waals surface area contributed by atoms with Gasteiger partial charge in [0.25, 0.3) is 0 Å². The smallest absolute Gasteiger partial charge is 0.0755 e. The van der Waals surface area contributed by atoms with Crippen LogP contribution < -0.4 is 10.2 Å². The molecule has 3 nitrogen and oxygen atoms in total. The molecular weight excluding hydrogens is 248 g/mol. The minimum absolute atomic E-state index is 0.457. The van der Waals surface area contributed by atoms with Crippen LogP contribution >= 0.6 is 0 Å². The van der Waals surface area contributed by atoms with Crippen molar-refractivity contribution in [3.05, 3.63) is 29.8 Å². The second-order valence-electron chi connectivity index (χ2n) is 5.97. The number of anilines is 1. The molecule has 0 aliphatic carbocycles. The maximum absolute atomic E-state index is 5.91. The first kappa shape index (κ1) is 13.9. The molecule has 1 aromatic carbocycles. The quantitative estimate of drug-likeness (QED) is 0.893. The summed E-state index contributed by atoms with van der Waals surface area (Å²) in [7, 11) is 0. The first-order chi connectivity index (χ1) is 9.80. The van der Waals surface area contributed by atoms with E-state index in [1.165, 1.54) is 24.1 Å². The van der Waals surface area contributed by atoms with Gasteiger partial charge in [-0.25, -0.2) is 0 Å². The number of ether oxygens (including phenoxy) is 1. The van der Waals surface area contributed by atoms with Gasteiger partial charge in [-0.05, 0) is 43.5 Å². The third-order valence-corrected chi connectivity index (χ3v) is 4.56. The first-order valence-corrected chi connectivity index (χ1v) is 8.04. The minimum Gasteiger partial charge on any atom is -0.371 e. The molecule has 3 unspecified atom stereocenters. The molecule has 0 spiro atoms. The zero-order valence-corrected chi connectivity index (χ0v) is 12.6. The van der Waals surface area contributed by atoms with E-state index >= 15 is 0 Å². The van der Waals surface area contributed by atoms with Crippen molar-refractivity contribution in [1.82, 2.24) is 5.32 Å². The van der Waals surface area contributed by atoms with E-state index in [4.69, 9.17) is 4.74 Å². The van der Waals surface area contributed by atoms with Crippen molar-refractivity contribution in [1.29, 1.82) is 0 Å². The van der Waals surface area contributed by atoms with Gasteiger partial charge in [-0.2, -0.15) is 0 Å². The fourth-order valence-corrected chi connectivity index (χ4v) is 3.49. The average molecular weight is 274 g/mol. The van der Waals surface area contributed by atoms with Crippen LogP contribution in [0, 0.1) is 0 Å². The van der Waals surface area contributed by atoms with Crippen molar-refractivity contribution in [3.63, 3.8) is 0 Å². The molecule has 2 aliphatic heterocycles. The van der Waals surface area contributed by atoms with Crippen molar-refractivity contribution in [3.8, 4) is 0 Å². The molecule has 0 aromatic heterocycles. The zero-order valence-electron chi connectivity index (χ0n) is 12.6. The van der Waals surface area contributed by atoms with Gasteiger partial charge in [0.15, 0.2) is 0 Å². The van der Waals surface area contributed by atoms with Gasteiger partial charge >= 0.3 is 0 Å². The number of morpholine rings is 1. The molecule has 2 heterocycles. The molecule has 2 saturated heterocycles. The molecule has 3 atom stereocenters. The minimum atomic E-state index is 0.457. The standard InChI is InChI=1S/C17H26N2O/c1-3-17(18-4-2)13-5-7-14(8-6-13)19-11-15-9-10-16(12-19)20-15/h5-8,15-18H,3-4,9-12H2,1-2H3. The Morgan fingerprint density at radius 1 is 1.15 bits per heavy atom. The first-order valence-electron chi connectivity index (χ1n) is 8.04. The van der Waals surface area contributed by atoms with E-state index < -0.39 is 0 Å². The molecule has 0 saturated carbocycles. The van der Waals surface area contributed by atoms with Crippen LogP contribution in [-0.2, 0) is 4.74 Å². The summed E-state index contributed by atoms with van der Waals surface area (Å²) in [5.74, 6) is 0. The Kier molecular flexibility index (Phi) is 4.27. The van der Waals surface area contributed by atoms with Crippen LogP contribution in [0.1, 0.15) is 44.7 Å². The molecule has 2 fully saturated rings. The molecule has 3 rings (SSSR count). The summed E-state index contributed by atoms with van der Waals surface area (Å²) in [5.41, 5.74) is 2.75. The Morgan fingerprint density at radius 3 is 2.35 bits per heavy atom. The number of hydrogen-bond donors (Lipinski definition) is 1. The van der Waals surface area contributed by atoms with Gasteiger partial charge in [0.1, 0.15) is 0 Å². The van der Waals surface area contributed by atoms with E-state index in [0.29, 0.717) is 18.2 Å². The number of benzene rings is 1. The molecule has 1 aromatic rings. The number of rotatable bonds is 5. The van der Waals surface area contributed by atoms with Crippen LogP contribution in [-0.4, -0.2) is 31.8 Å². The van der Waals surface area contributed by atoms with Crippen molar-refractivity contribution >= 4 is 5.69 Å². The molecule has 2 bridgehead atoms. The van der Waals surface area contributed by atoms with Crippen molar-refractivity contribution in [2.45, 2.75) is 51.4 Å². The molecule has 3 heteroatoms. The Morgan fingerprint density at radius 2 is 1.80 bits per heavy atom. The van der Waals surface area contributed by atoms with Crippen molar-refractivity contribution in [2.24, 2.45) is 0 Å². The highest BCUT2D eigenvalue weighted by molar-refractivity contribution is 5.49. The highest BCUT2D eigenvalue weighted by Crippen LogP contribution is 2.30. The van der Waals surface area contributed by atoms with Gasteiger partial charge in [-0.15, -0.1) is 0 Å². The summed E-state index contributed by atoms with van der Waals surface area (Å²) in [6, 6.07) is 9.60. The van der Waals surface area contributed by atoms with Gasteiger partial charge in [0, 0.05) is 24.8 Å². The molecule has 2 aliphatic rings. The predicted molar refractivity (Wildman–Crippen MR) is 83.3 cm³/mol. The van der Waals surface area contributed by atoms with Gasteiger partial charge in [-0.3, -0.25) is 0 Å². The summed E-state index contributed by atoms with van der Waals surface area (Å²) < 4.78 is 5.91. The molecule has 110 valence electrons. The number of fused-ring (bicyclic) bond motifs is 2. The maximum Gasteiger partial charge on any atom is 0.0755 e. The molecule has 0 amide bonds. The second-order valence-corrected chi connectivity index (χ2v) is 5.97. The third kappa shape index (κ3) is 2.84. The lowest BCUT2D eigenvalue weighted by molar-refractivity contribution is 0.0305. The summed E-state index contributed by atoms with van der Waals surface area (Å²) in [5, 5.41) is 3.54. The Hall–Kier alpha value is -1.06. The SMILES string of the molecule is CCNC(CC)c1ccc(N2CC3CCC(C2)O3)cc1. The Bertz CT molecular complexity index is 419. The molecule has 1 N–H and O–H groups in total. The summed E-state index contributed by atoms with van der Waals surface area (Å²) in [4.78, 5) is 2.49. The molecule has 0 radical (unpaired) electrons. The van der Waals surface area contributed by atoms with E-state index in [1.54, 1.807) is 0 Å². The van der Waals surface area contributed by atoms with Crippen LogP contribution in [0.15, 0.2) is 24.3 Å². The van der Waals surface area contributed by atoms with E-state index in [0.717, 1.165) is 26.1 Å². The Labute approximate surface area is 122 Å². The van der Waals surface area contributed by atoms with Crippen LogP contribution in [0.25, 0.3) is 0 Å². The third-order valence-electron chi connectivity index (χ3n) is 4.56. The zero-order chi connectivity index (χ0) is 13.9. The van der Waals surface area contributed by atoms with Gasteiger partial charge < -0.3 is 15.0 Å². The lowest BCUT2D eigenvalue weighted by Gasteiger charge is -2.34. The summed E-state index contributed by atoms with van der Waals surface area (Å²) in [6.07, 6.45) is 4.52. The highest BCUT2D eigenvalue weighted by atomic mass is 16.5. The van der Waals surface area contributed by atoms with Crippen LogP contribution in [0.2, 0.25) is 0 Å². The van der Waals surface area contributed by atoms with Crippen molar-refractivity contribution < 1.29 is 4.74 Å². The number of nitrogens with one attached hydrogen (secondary N) is 1. The van der Waals surface area contributed by atoms with Crippen LogP contribution in [0.5, 0.6) is 0 Å². The average Bonchev–Trinajstić information content (AvgIpc) is 2.83.